The fourth-order valence-electron chi connectivity index (χ4n) is 1.60. The molecule has 0 aliphatic rings. The molecule has 0 aliphatic carbocycles. The molecule has 5 heteroatoms. The van der Waals surface area contributed by atoms with Crippen LogP contribution in [-0.4, -0.2) is 16.1 Å². The van der Waals surface area contributed by atoms with E-state index in [0.29, 0.717) is 11.6 Å². The fourth-order valence-corrected chi connectivity index (χ4v) is 1.76. The lowest BCUT2D eigenvalue weighted by Gasteiger charge is -2.09. The quantitative estimate of drug-likeness (QED) is 0.921. The maximum absolute atomic E-state index is 11.0. The van der Waals surface area contributed by atoms with Gasteiger partial charge in [0, 0.05) is 31.1 Å². The topological polar surface area (TPSA) is 46.9 Å². The smallest absolute Gasteiger partial charge is 0.181 e. The van der Waals surface area contributed by atoms with Gasteiger partial charge in [-0.3, -0.25) is 4.79 Å². The highest BCUT2D eigenvalue weighted by molar-refractivity contribution is 6.31. The van der Waals surface area contributed by atoms with E-state index in [-0.39, 0.29) is 5.43 Å². The predicted molar refractivity (Wildman–Crippen MR) is 73.2 cm³/mol. The van der Waals surface area contributed by atoms with E-state index in [1.165, 1.54) is 12.1 Å². The Morgan fingerprint density at radius 3 is 2.67 bits per heavy atom. The van der Waals surface area contributed by atoms with E-state index in [4.69, 9.17) is 11.6 Å². The van der Waals surface area contributed by atoms with Crippen LogP contribution in [0.15, 0.2) is 41.5 Å². The van der Waals surface area contributed by atoms with Crippen molar-refractivity contribution in [2.75, 3.05) is 11.9 Å². The summed E-state index contributed by atoms with van der Waals surface area (Å²) in [5, 5.41) is 3.76. The van der Waals surface area contributed by atoms with E-state index in [1.807, 2.05) is 23.6 Å². The monoisotopic (exact) mass is 263 g/mol. The molecule has 4 nitrogen and oxygen atoms in total. The molecule has 0 saturated carbocycles. The number of pyridine rings is 2. The van der Waals surface area contributed by atoms with Crippen LogP contribution in [0.3, 0.4) is 0 Å². The van der Waals surface area contributed by atoms with Crippen molar-refractivity contribution < 1.29 is 0 Å². The number of halogens is 1. The standard InChI is InChI=1S/C13H14ClN3O/c1-2-15-13-4-3-11(14)12(16-13)9-17-7-5-10(18)6-8-17/h3-8H,2,9H2,1H3,(H,15,16). The number of hydrogen-bond acceptors (Lipinski definition) is 3. The fraction of sp³-hybridized carbons (Fsp3) is 0.231. The van der Waals surface area contributed by atoms with Crippen LogP contribution in [-0.2, 0) is 6.54 Å². The summed E-state index contributed by atoms with van der Waals surface area (Å²) in [6.45, 7) is 3.36. The Bertz CT molecular complexity index is 575. The van der Waals surface area contributed by atoms with Gasteiger partial charge in [-0.05, 0) is 19.1 Å². The number of rotatable bonds is 4. The van der Waals surface area contributed by atoms with Crippen LogP contribution in [0.1, 0.15) is 12.6 Å². The first-order chi connectivity index (χ1) is 8.69. The van der Waals surface area contributed by atoms with E-state index < -0.39 is 0 Å². The van der Waals surface area contributed by atoms with Gasteiger partial charge in [0.05, 0.1) is 17.3 Å². The molecule has 0 aliphatic heterocycles. The molecule has 0 spiro atoms. The minimum absolute atomic E-state index is 0.00768. The third-order valence-corrected chi connectivity index (χ3v) is 2.81. The zero-order valence-corrected chi connectivity index (χ0v) is 10.8. The molecule has 0 unspecified atom stereocenters. The molecular formula is C13H14ClN3O. The van der Waals surface area contributed by atoms with Gasteiger partial charge in [-0.2, -0.15) is 0 Å². The van der Waals surface area contributed by atoms with Gasteiger partial charge in [-0.25, -0.2) is 4.98 Å². The molecular weight excluding hydrogens is 250 g/mol. The molecule has 18 heavy (non-hydrogen) atoms. The highest BCUT2D eigenvalue weighted by atomic mass is 35.5. The number of anilines is 1. The van der Waals surface area contributed by atoms with Crippen molar-refractivity contribution in [1.29, 1.82) is 0 Å². The molecule has 0 fully saturated rings. The minimum atomic E-state index is -0.00768. The van der Waals surface area contributed by atoms with Crippen molar-refractivity contribution >= 4 is 17.4 Å². The summed E-state index contributed by atoms with van der Waals surface area (Å²) < 4.78 is 1.87. The molecule has 0 bridgehead atoms. The SMILES string of the molecule is CCNc1ccc(Cl)c(Cn2ccc(=O)cc2)n1. The van der Waals surface area contributed by atoms with Crippen LogP contribution in [0, 0.1) is 0 Å². The normalized spacial score (nSPS) is 10.3. The lowest BCUT2D eigenvalue weighted by Crippen LogP contribution is -2.08. The Morgan fingerprint density at radius 1 is 1.28 bits per heavy atom. The maximum Gasteiger partial charge on any atom is 0.181 e. The molecule has 94 valence electrons. The molecule has 2 heterocycles. The van der Waals surface area contributed by atoms with E-state index >= 15 is 0 Å². The van der Waals surface area contributed by atoms with Crippen molar-refractivity contribution in [2.45, 2.75) is 13.5 Å². The summed E-state index contributed by atoms with van der Waals surface area (Å²) in [5.41, 5.74) is 0.769. The first-order valence-electron chi connectivity index (χ1n) is 5.74. The lowest BCUT2D eigenvalue weighted by molar-refractivity contribution is 0.766. The van der Waals surface area contributed by atoms with Gasteiger partial charge in [0.1, 0.15) is 5.82 Å². The summed E-state index contributed by atoms with van der Waals surface area (Å²) in [5.74, 6) is 0.804. The summed E-state index contributed by atoms with van der Waals surface area (Å²) in [6, 6.07) is 6.70. The van der Waals surface area contributed by atoms with Gasteiger partial charge < -0.3 is 9.88 Å². The van der Waals surface area contributed by atoms with E-state index in [9.17, 15) is 4.79 Å². The van der Waals surface area contributed by atoms with Crippen LogP contribution >= 0.6 is 11.6 Å². The minimum Gasteiger partial charge on any atom is -0.370 e. The molecule has 0 radical (unpaired) electrons. The molecule has 0 atom stereocenters. The van der Waals surface area contributed by atoms with Crippen molar-refractivity contribution in [3.05, 3.63) is 57.6 Å². The molecule has 1 N–H and O–H groups in total. The Balaban J connectivity index is 2.24. The summed E-state index contributed by atoms with van der Waals surface area (Å²) in [6.07, 6.45) is 3.44. The molecule has 2 aromatic heterocycles. The summed E-state index contributed by atoms with van der Waals surface area (Å²) in [4.78, 5) is 15.5. The van der Waals surface area contributed by atoms with E-state index in [0.717, 1.165) is 18.1 Å². The van der Waals surface area contributed by atoms with Gasteiger partial charge in [-0.1, -0.05) is 11.6 Å². The Kier molecular flexibility index (Phi) is 3.99. The van der Waals surface area contributed by atoms with Gasteiger partial charge in [0.25, 0.3) is 0 Å². The summed E-state index contributed by atoms with van der Waals surface area (Å²) in [7, 11) is 0. The zero-order chi connectivity index (χ0) is 13.0. The van der Waals surface area contributed by atoms with Crippen molar-refractivity contribution in [2.24, 2.45) is 0 Å². The lowest BCUT2D eigenvalue weighted by atomic mass is 10.3. The Morgan fingerprint density at radius 2 is 2.00 bits per heavy atom. The van der Waals surface area contributed by atoms with E-state index in [1.54, 1.807) is 12.4 Å². The Labute approximate surface area is 110 Å². The van der Waals surface area contributed by atoms with Crippen molar-refractivity contribution in [3.63, 3.8) is 0 Å². The molecule has 0 amide bonds. The zero-order valence-electron chi connectivity index (χ0n) is 10.1. The number of nitrogens with zero attached hydrogens (tertiary/aromatic N) is 2. The second-order valence-corrected chi connectivity index (χ2v) is 4.27. The largest absolute Gasteiger partial charge is 0.370 e. The molecule has 2 rings (SSSR count). The third-order valence-electron chi connectivity index (χ3n) is 2.47. The molecule has 0 aromatic carbocycles. The average Bonchev–Trinajstić information content (AvgIpc) is 2.36. The van der Waals surface area contributed by atoms with Gasteiger partial charge >= 0.3 is 0 Å². The second-order valence-electron chi connectivity index (χ2n) is 3.86. The van der Waals surface area contributed by atoms with Crippen LogP contribution in [0.25, 0.3) is 0 Å². The third kappa shape index (κ3) is 3.11. The molecule has 0 saturated heterocycles. The van der Waals surface area contributed by atoms with E-state index in [2.05, 4.69) is 10.3 Å². The van der Waals surface area contributed by atoms with Crippen LogP contribution in [0.2, 0.25) is 5.02 Å². The number of aromatic nitrogens is 2. The van der Waals surface area contributed by atoms with Crippen molar-refractivity contribution in [1.82, 2.24) is 9.55 Å². The summed E-state index contributed by atoms with van der Waals surface area (Å²) >= 11 is 6.11. The second kappa shape index (κ2) is 5.69. The van der Waals surface area contributed by atoms with Crippen LogP contribution in [0.5, 0.6) is 0 Å². The first-order valence-corrected chi connectivity index (χ1v) is 6.12. The van der Waals surface area contributed by atoms with Gasteiger partial charge in [0.15, 0.2) is 5.43 Å². The highest BCUT2D eigenvalue weighted by Gasteiger charge is 2.04. The van der Waals surface area contributed by atoms with Crippen LogP contribution < -0.4 is 10.7 Å². The average molecular weight is 264 g/mol. The number of hydrogen-bond donors (Lipinski definition) is 1. The van der Waals surface area contributed by atoms with Gasteiger partial charge in [0.2, 0.25) is 0 Å². The Hall–Kier alpha value is -1.81. The predicted octanol–water partition coefficient (Wildman–Crippen LogP) is 2.38. The maximum atomic E-state index is 11.0. The van der Waals surface area contributed by atoms with Crippen LogP contribution in [0.4, 0.5) is 5.82 Å². The number of nitrogens with one attached hydrogen (secondary N) is 1. The van der Waals surface area contributed by atoms with Gasteiger partial charge in [-0.15, -0.1) is 0 Å². The highest BCUT2D eigenvalue weighted by Crippen LogP contribution is 2.17. The van der Waals surface area contributed by atoms with Crippen molar-refractivity contribution in [3.8, 4) is 0 Å². The molecule has 2 aromatic rings. The first kappa shape index (κ1) is 12.6.